The molecule has 1 rings (SSSR count). The fourth-order valence-corrected chi connectivity index (χ4v) is 3.36. The molecule has 3 N–H and O–H groups in total. The van der Waals surface area contributed by atoms with Gasteiger partial charge in [-0.25, -0.2) is 13.1 Å². The minimum Gasteiger partial charge on any atom is -0.497 e. The maximum atomic E-state index is 12.0. The van der Waals surface area contributed by atoms with Crippen LogP contribution in [0.5, 0.6) is 5.75 Å². The van der Waals surface area contributed by atoms with Crippen LogP contribution >= 0.6 is 0 Å². The highest BCUT2D eigenvalue weighted by atomic mass is 32.2. The zero-order valence-corrected chi connectivity index (χ0v) is 16.1. The number of quaternary nitrogens is 1. The van der Waals surface area contributed by atoms with Crippen LogP contribution in [-0.2, 0) is 10.0 Å². The third-order valence-electron chi connectivity index (χ3n) is 4.04. The summed E-state index contributed by atoms with van der Waals surface area (Å²) in [6.45, 7) is 7.77. The molecule has 0 aliphatic heterocycles. The Morgan fingerprint density at radius 2 is 1.76 bits per heavy atom. The normalized spacial score (nSPS) is 11.5. The number of amides is 1. The fraction of sp³-hybridized carbons (Fsp3) is 0.588. The van der Waals surface area contributed by atoms with Crippen molar-refractivity contribution in [3.63, 3.8) is 0 Å². The van der Waals surface area contributed by atoms with Gasteiger partial charge < -0.3 is 15.0 Å². The number of carbonyl (C=O) groups excluding carboxylic acids is 1. The Bertz CT molecular complexity index is 613. The maximum Gasteiger partial charge on any atom is 0.251 e. The SMILES string of the molecule is CC[NH+](CC)CCCNS(=O)(=O)CCNC(=O)c1ccc(OC)cc1. The largest absolute Gasteiger partial charge is 0.497 e. The van der Waals surface area contributed by atoms with Gasteiger partial charge in [-0.3, -0.25) is 4.79 Å². The molecule has 0 saturated carbocycles. The maximum absolute atomic E-state index is 12.0. The van der Waals surface area contributed by atoms with Gasteiger partial charge in [0.15, 0.2) is 0 Å². The number of hydrogen-bond donors (Lipinski definition) is 3. The van der Waals surface area contributed by atoms with Crippen molar-refractivity contribution in [1.82, 2.24) is 10.0 Å². The highest BCUT2D eigenvalue weighted by Gasteiger charge is 2.12. The molecule has 7 nitrogen and oxygen atoms in total. The van der Waals surface area contributed by atoms with Crippen molar-refractivity contribution in [2.45, 2.75) is 20.3 Å². The van der Waals surface area contributed by atoms with E-state index in [0.717, 1.165) is 26.1 Å². The summed E-state index contributed by atoms with van der Waals surface area (Å²) in [5.74, 6) is 0.227. The zero-order valence-electron chi connectivity index (χ0n) is 15.3. The molecule has 1 aromatic rings. The van der Waals surface area contributed by atoms with Crippen LogP contribution in [0.25, 0.3) is 0 Å². The van der Waals surface area contributed by atoms with Gasteiger partial charge in [-0.15, -0.1) is 0 Å². The molecule has 1 amide bonds. The van der Waals surface area contributed by atoms with E-state index in [4.69, 9.17) is 4.74 Å². The standard InChI is InChI=1S/C17H29N3O4S/c1-4-20(5-2)13-6-11-19-25(22,23)14-12-18-17(21)15-7-9-16(24-3)10-8-15/h7-10,19H,4-6,11-14H2,1-3H3,(H,18,21)/p+1. The van der Waals surface area contributed by atoms with Gasteiger partial charge in [-0.1, -0.05) is 0 Å². The molecule has 0 aliphatic carbocycles. The average molecular weight is 373 g/mol. The van der Waals surface area contributed by atoms with E-state index in [2.05, 4.69) is 23.9 Å². The quantitative estimate of drug-likeness (QED) is 0.438. The topological polar surface area (TPSA) is 88.9 Å². The summed E-state index contributed by atoms with van der Waals surface area (Å²) in [5, 5.41) is 2.62. The summed E-state index contributed by atoms with van der Waals surface area (Å²) in [6, 6.07) is 6.64. The monoisotopic (exact) mass is 372 g/mol. The third-order valence-corrected chi connectivity index (χ3v) is 5.42. The van der Waals surface area contributed by atoms with Crippen LogP contribution in [0.15, 0.2) is 24.3 Å². The summed E-state index contributed by atoms with van der Waals surface area (Å²) in [4.78, 5) is 13.4. The molecule has 1 aromatic carbocycles. The molecule has 0 unspecified atom stereocenters. The lowest BCUT2D eigenvalue weighted by atomic mass is 10.2. The van der Waals surface area contributed by atoms with Gasteiger partial charge in [0, 0.05) is 25.1 Å². The average Bonchev–Trinajstić information content (AvgIpc) is 2.61. The number of nitrogens with one attached hydrogen (secondary N) is 3. The molecule has 25 heavy (non-hydrogen) atoms. The Hall–Kier alpha value is -1.64. The van der Waals surface area contributed by atoms with Crippen LogP contribution in [-0.4, -0.2) is 59.9 Å². The predicted octanol–water partition coefficient (Wildman–Crippen LogP) is -0.341. The van der Waals surface area contributed by atoms with E-state index in [1.54, 1.807) is 31.4 Å². The van der Waals surface area contributed by atoms with E-state index in [-0.39, 0.29) is 18.2 Å². The van der Waals surface area contributed by atoms with Gasteiger partial charge in [0.2, 0.25) is 10.0 Å². The first-order chi connectivity index (χ1) is 11.9. The van der Waals surface area contributed by atoms with Crippen LogP contribution in [0.3, 0.4) is 0 Å². The van der Waals surface area contributed by atoms with E-state index in [0.29, 0.717) is 17.9 Å². The summed E-state index contributed by atoms with van der Waals surface area (Å²) < 4.78 is 31.5. The Labute approximate surface area is 150 Å². The van der Waals surface area contributed by atoms with Crippen LogP contribution in [0, 0.1) is 0 Å². The van der Waals surface area contributed by atoms with E-state index < -0.39 is 10.0 Å². The Kier molecular flexibility index (Phi) is 9.48. The summed E-state index contributed by atoms with van der Waals surface area (Å²) >= 11 is 0. The summed E-state index contributed by atoms with van der Waals surface area (Å²) in [5.41, 5.74) is 0.466. The van der Waals surface area contributed by atoms with Crippen molar-refractivity contribution in [1.29, 1.82) is 0 Å². The third kappa shape index (κ3) is 8.33. The molecule has 0 fully saturated rings. The second kappa shape index (κ2) is 11.1. The van der Waals surface area contributed by atoms with Gasteiger partial charge in [-0.05, 0) is 38.1 Å². The number of ether oxygens (including phenoxy) is 1. The summed E-state index contributed by atoms with van der Waals surface area (Å²) in [7, 11) is -1.82. The van der Waals surface area contributed by atoms with Crippen LogP contribution in [0.1, 0.15) is 30.6 Å². The molecule has 142 valence electrons. The minimum absolute atomic E-state index is 0.0709. The highest BCUT2D eigenvalue weighted by Crippen LogP contribution is 2.10. The van der Waals surface area contributed by atoms with E-state index in [9.17, 15) is 13.2 Å². The molecular formula is C17H30N3O4S+. The van der Waals surface area contributed by atoms with Crippen LogP contribution in [0.4, 0.5) is 0 Å². The number of benzene rings is 1. The lowest BCUT2D eigenvalue weighted by molar-refractivity contribution is -0.896. The highest BCUT2D eigenvalue weighted by molar-refractivity contribution is 7.89. The molecule has 0 bridgehead atoms. The second-order valence-corrected chi connectivity index (χ2v) is 7.68. The molecule has 0 aromatic heterocycles. The van der Waals surface area contributed by atoms with Crippen LogP contribution < -0.4 is 19.7 Å². The van der Waals surface area contributed by atoms with Gasteiger partial charge in [0.1, 0.15) is 5.75 Å². The van der Waals surface area contributed by atoms with E-state index in [1.165, 1.54) is 4.90 Å². The molecular weight excluding hydrogens is 342 g/mol. The first-order valence-corrected chi connectivity index (χ1v) is 10.3. The second-order valence-electron chi connectivity index (χ2n) is 5.76. The number of rotatable bonds is 12. The molecule has 0 atom stereocenters. The Morgan fingerprint density at radius 3 is 2.32 bits per heavy atom. The van der Waals surface area contributed by atoms with Crippen molar-refractivity contribution in [3.05, 3.63) is 29.8 Å². The molecule has 0 aliphatic rings. The molecule has 0 saturated heterocycles. The predicted molar refractivity (Wildman–Crippen MR) is 98.6 cm³/mol. The minimum atomic E-state index is -3.38. The van der Waals surface area contributed by atoms with Crippen molar-refractivity contribution < 1.29 is 22.8 Å². The van der Waals surface area contributed by atoms with E-state index in [1.807, 2.05) is 0 Å². The van der Waals surface area contributed by atoms with Gasteiger partial charge in [0.25, 0.3) is 5.91 Å². The van der Waals surface area contributed by atoms with E-state index >= 15 is 0 Å². The van der Waals surface area contributed by atoms with Gasteiger partial charge in [0.05, 0.1) is 32.5 Å². The van der Waals surface area contributed by atoms with Gasteiger partial charge >= 0.3 is 0 Å². The Morgan fingerprint density at radius 1 is 1.12 bits per heavy atom. The van der Waals surface area contributed by atoms with Crippen molar-refractivity contribution in [2.75, 3.05) is 45.6 Å². The molecule has 0 radical (unpaired) electrons. The van der Waals surface area contributed by atoms with Crippen molar-refractivity contribution in [3.8, 4) is 5.75 Å². The lowest BCUT2D eigenvalue weighted by Crippen LogP contribution is -3.11. The molecule has 0 spiro atoms. The first-order valence-electron chi connectivity index (χ1n) is 8.65. The smallest absolute Gasteiger partial charge is 0.251 e. The number of carbonyl (C=O) groups is 1. The van der Waals surface area contributed by atoms with Crippen molar-refractivity contribution >= 4 is 15.9 Å². The van der Waals surface area contributed by atoms with Crippen LogP contribution in [0.2, 0.25) is 0 Å². The number of methoxy groups -OCH3 is 1. The molecule has 8 heteroatoms. The van der Waals surface area contributed by atoms with Gasteiger partial charge in [-0.2, -0.15) is 0 Å². The molecule has 0 heterocycles. The first kappa shape index (κ1) is 21.4. The fourth-order valence-electron chi connectivity index (χ4n) is 2.39. The van der Waals surface area contributed by atoms with Crippen molar-refractivity contribution in [2.24, 2.45) is 0 Å². The lowest BCUT2D eigenvalue weighted by Gasteiger charge is -2.15. The zero-order chi connectivity index (χ0) is 18.7. The number of sulfonamides is 1. The Balaban J connectivity index is 2.29. The number of hydrogen-bond acceptors (Lipinski definition) is 4. The summed E-state index contributed by atoms with van der Waals surface area (Å²) in [6.07, 6.45) is 0.800.